The molecular weight excluding hydrogens is 372 g/mol. The Bertz CT molecular complexity index is 866. The topological polar surface area (TPSA) is 40.5 Å². The third kappa shape index (κ3) is 3.11. The molecule has 0 heterocycles. The van der Waals surface area contributed by atoms with Gasteiger partial charge in [-0.15, -0.1) is 5.54 Å². The lowest BCUT2D eigenvalue weighted by Gasteiger charge is -2.50. The van der Waals surface area contributed by atoms with E-state index < -0.39 is 13.7 Å². The van der Waals surface area contributed by atoms with Crippen LogP contribution in [0.5, 0.6) is 5.75 Å². The van der Waals surface area contributed by atoms with Gasteiger partial charge in [0.15, 0.2) is 0 Å². The van der Waals surface area contributed by atoms with Gasteiger partial charge in [-0.2, -0.15) is 0 Å². The highest BCUT2D eigenvalue weighted by Crippen LogP contribution is 2.63. The zero-order valence-electron chi connectivity index (χ0n) is 18.5. The minimum absolute atomic E-state index is 0.130. The number of fused-ring (bicyclic) bond motifs is 5. The van der Waals surface area contributed by atoms with Gasteiger partial charge < -0.3 is 10.2 Å². The smallest absolute Gasteiger partial charge is 0.137 e. The molecule has 3 heteroatoms. The lowest BCUT2D eigenvalue weighted by atomic mass is 9.54. The maximum Gasteiger partial charge on any atom is 0.137 e. The van der Waals surface area contributed by atoms with E-state index in [9.17, 15) is 10.2 Å². The van der Waals surface area contributed by atoms with Crippen LogP contribution in [0.4, 0.5) is 0 Å². The minimum atomic E-state index is -1.57. The lowest BCUT2D eigenvalue weighted by Crippen LogP contribution is -2.49. The van der Waals surface area contributed by atoms with Crippen molar-refractivity contribution in [2.24, 2.45) is 17.3 Å². The summed E-state index contributed by atoms with van der Waals surface area (Å²) < 4.78 is 0. The van der Waals surface area contributed by atoms with Crippen molar-refractivity contribution in [2.45, 2.75) is 83.0 Å². The van der Waals surface area contributed by atoms with Crippen LogP contribution in [0, 0.1) is 28.7 Å². The largest absolute Gasteiger partial charge is 0.508 e. The number of aliphatic hydroxyl groups is 1. The number of allylic oxidation sites excluding steroid dienone is 1. The van der Waals surface area contributed by atoms with Crippen LogP contribution in [0.2, 0.25) is 18.1 Å². The van der Waals surface area contributed by atoms with E-state index in [1.54, 1.807) is 0 Å². The van der Waals surface area contributed by atoms with Gasteiger partial charge in [-0.1, -0.05) is 51.8 Å². The average molecular weight is 409 g/mol. The molecule has 0 aliphatic heterocycles. The van der Waals surface area contributed by atoms with E-state index >= 15 is 0 Å². The summed E-state index contributed by atoms with van der Waals surface area (Å²) in [6.45, 7) is 9.15. The van der Waals surface area contributed by atoms with Crippen LogP contribution in [-0.2, 0) is 0 Å². The summed E-state index contributed by atoms with van der Waals surface area (Å²) in [5, 5.41) is 21.7. The average Bonchev–Trinajstić information content (AvgIpc) is 3.00. The molecule has 4 rings (SSSR count). The van der Waals surface area contributed by atoms with Crippen LogP contribution in [0.3, 0.4) is 0 Å². The van der Waals surface area contributed by atoms with Crippen molar-refractivity contribution in [3.63, 3.8) is 0 Å². The molecule has 0 bridgehead atoms. The number of phenols is 1. The Morgan fingerprint density at radius 1 is 1.10 bits per heavy atom. The summed E-state index contributed by atoms with van der Waals surface area (Å²) in [5.41, 5.74) is 5.27. The van der Waals surface area contributed by atoms with Crippen molar-refractivity contribution in [3.8, 4) is 17.2 Å². The summed E-state index contributed by atoms with van der Waals surface area (Å²) in [7, 11) is -1.57. The molecular formula is C26H36O2Si. The van der Waals surface area contributed by atoms with Gasteiger partial charge in [-0.05, 0) is 84.8 Å². The highest BCUT2D eigenvalue weighted by Gasteiger charge is 2.60. The number of rotatable bonds is 3. The molecule has 156 valence electrons. The van der Waals surface area contributed by atoms with Crippen molar-refractivity contribution in [2.75, 3.05) is 0 Å². The van der Waals surface area contributed by atoms with Crippen LogP contribution >= 0.6 is 0 Å². The Balaban J connectivity index is 1.66. The Morgan fingerprint density at radius 3 is 2.52 bits per heavy atom. The third-order valence-electron chi connectivity index (χ3n) is 9.02. The molecule has 0 aromatic heterocycles. The van der Waals surface area contributed by atoms with Crippen molar-refractivity contribution in [1.29, 1.82) is 0 Å². The highest BCUT2D eigenvalue weighted by molar-refractivity contribution is 6.87. The fourth-order valence-electron chi connectivity index (χ4n) is 6.56. The predicted octanol–water partition coefficient (Wildman–Crippen LogP) is 6.11. The molecule has 3 aliphatic rings. The molecule has 5 atom stereocenters. The van der Waals surface area contributed by atoms with E-state index in [0.717, 1.165) is 31.2 Å². The lowest BCUT2D eigenvalue weighted by molar-refractivity contribution is -0.0548. The summed E-state index contributed by atoms with van der Waals surface area (Å²) in [4.78, 5) is 0. The monoisotopic (exact) mass is 408 g/mol. The third-order valence-corrected chi connectivity index (χ3v) is 13.7. The van der Waals surface area contributed by atoms with Gasteiger partial charge in [0.25, 0.3) is 0 Å². The first kappa shape index (κ1) is 20.8. The first-order valence-electron chi connectivity index (χ1n) is 11.6. The standard InChI is InChI=1S/C26H36O2Si/c1-5-29(6-2,7-3)17-16-26(28)15-13-24-23-10-8-19-18-20(27)9-11-21(19)22(23)12-14-25(24,26)4/h8-11,18,22-24,27-28H,5-7,12-15H2,1-4H3/t22?,23?,24?,25?,26-/m1/s1. The second-order valence-electron chi connectivity index (χ2n) is 9.91. The van der Waals surface area contributed by atoms with E-state index in [-0.39, 0.29) is 5.41 Å². The fraction of sp³-hybridized carbons (Fsp3) is 0.615. The SMILES string of the molecule is CC[Si](C#C[C@]1(O)CCC2C3C=Cc4cc(O)ccc4C3CCC21C)(CC)CC. The van der Waals surface area contributed by atoms with Gasteiger partial charge in [-0.25, -0.2) is 0 Å². The molecule has 1 aromatic rings. The van der Waals surface area contributed by atoms with E-state index in [4.69, 9.17) is 0 Å². The summed E-state index contributed by atoms with van der Waals surface area (Å²) in [6, 6.07) is 9.36. The van der Waals surface area contributed by atoms with Gasteiger partial charge in [-0.3, -0.25) is 0 Å². The Kier molecular flexibility index (Phi) is 5.24. The Hall–Kier alpha value is -1.50. The second-order valence-corrected chi connectivity index (χ2v) is 14.8. The molecule has 29 heavy (non-hydrogen) atoms. The summed E-state index contributed by atoms with van der Waals surface area (Å²) in [5.74, 6) is 5.30. The summed E-state index contributed by atoms with van der Waals surface area (Å²) in [6.07, 6.45) is 8.52. The highest BCUT2D eigenvalue weighted by atomic mass is 28.3. The number of benzene rings is 1. The molecule has 3 aliphatic carbocycles. The number of hydrogen-bond acceptors (Lipinski definition) is 2. The number of phenolic OH excluding ortho intramolecular Hbond substituents is 1. The molecule has 1 aromatic carbocycles. The fourth-order valence-corrected chi connectivity index (χ4v) is 9.06. The second kappa shape index (κ2) is 7.32. The molecule has 4 unspecified atom stereocenters. The first-order valence-corrected chi connectivity index (χ1v) is 14.2. The van der Waals surface area contributed by atoms with Crippen LogP contribution < -0.4 is 0 Å². The zero-order valence-corrected chi connectivity index (χ0v) is 19.5. The van der Waals surface area contributed by atoms with Gasteiger partial charge in [0.05, 0.1) is 0 Å². The minimum Gasteiger partial charge on any atom is -0.508 e. The van der Waals surface area contributed by atoms with Crippen molar-refractivity contribution < 1.29 is 10.2 Å². The predicted molar refractivity (Wildman–Crippen MR) is 123 cm³/mol. The van der Waals surface area contributed by atoms with E-state index in [0.29, 0.717) is 23.5 Å². The Labute approximate surface area is 177 Å². The van der Waals surface area contributed by atoms with Gasteiger partial charge >= 0.3 is 0 Å². The number of aromatic hydroxyl groups is 1. The molecule has 2 nitrogen and oxygen atoms in total. The quantitative estimate of drug-likeness (QED) is 0.468. The van der Waals surface area contributed by atoms with Gasteiger partial charge in [0.1, 0.15) is 19.4 Å². The molecule has 0 radical (unpaired) electrons. The maximum atomic E-state index is 11.8. The van der Waals surface area contributed by atoms with Crippen LogP contribution in [0.15, 0.2) is 24.3 Å². The first-order chi connectivity index (χ1) is 13.8. The van der Waals surface area contributed by atoms with E-state index in [2.05, 4.69) is 57.4 Å². The van der Waals surface area contributed by atoms with Crippen molar-refractivity contribution in [3.05, 3.63) is 35.4 Å². The van der Waals surface area contributed by atoms with Crippen molar-refractivity contribution >= 4 is 14.1 Å². The van der Waals surface area contributed by atoms with Gasteiger partial charge in [0, 0.05) is 5.41 Å². The summed E-state index contributed by atoms with van der Waals surface area (Å²) >= 11 is 0. The Morgan fingerprint density at radius 2 is 1.83 bits per heavy atom. The molecule has 0 amide bonds. The van der Waals surface area contributed by atoms with Gasteiger partial charge in [0.2, 0.25) is 0 Å². The molecule has 2 saturated carbocycles. The molecule has 0 spiro atoms. The molecule has 2 N–H and O–H groups in total. The van der Waals surface area contributed by atoms with E-state index in [1.807, 2.05) is 12.1 Å². The molecule has 0 saturated heterocycles. The van der Waals surface area contributed by atoms with Crippen LogP contribution in [0.1, 0.15) is 70.4 Å². The maximum absolute atomic E-state index is 11.8. The van der Waals surface area contributed by atoms with Crippen LogP contribution in [0.25, 0.3) is 6.08 Å². The van der Waals surface area contributed by atoms with Crippen LogP contribution in [-0.4, -0.2) is 23.9 Å². The zero-order chi connectivity index (χ0) is 20.9. The van der Waals surface area contributed by atoms with E-state index in [1.165, 1.54) is 23.7 Å². The number of hydrogen-bond donors (Lipinski definition) is 2. The molecule has 2 fully saturated rings. The normalized spacial score (nSPS) is 35.3. The van der Waals surface area contributed by atoms with Crippen molar-refractivity contribution in [1.82, 2.24) is 0 Å².